The van der Waals surface area contributed by atoms with E-state index in [2.05, 4.69) is 20.5 Å². The summed E-state index contributed by atoms with van der Waals surface area (Å²) in [6, 6.07) is 7.36. The Bertz CT molecular complexity index is 981. The van der Waals surface area contributed by atoms with Crippen LogP contribution < -0.4 is 5.32 Å². The molecule has 0 bridgehead atoms. The SMILES string of the molecule is CCN1C[C@@H](CNC(=O)c2ccc(-c3cnc4nncn4c3)cc2)CC1=O. The molecule has 0 unspecified atom stereocenters. The molecule has 1 fully saturated rings. The molecule has 0 saturated carbocycles. The van der Waals surface area contributed by atoms with Gasteiger partial charge in [0.25, 0.3) is 11.7 Å². The summed E-state index contributed by atoms with van der Waals surface area (Å²) in [4.78, 5) is 30.2. The minimum absolute atomic E-state index is 0.128. The Kier molecular flexibility index (Phi) is 4.53. The fourth-order valence-corrected chi connectivity index (χ4v) is 3.33. The third-order valence-electron chi connectivity index (χ3n) is 4.86. The summed E-state index contributed by atoms with van der Waals surface area (Å²) >= 11 is 0. The summed E-state index contributed by atoms with van der Waals surface area (Å²) in [6.07, 6.45) is 5.73. The van der Waals surface area contributed by atoms with Gasteiger partial charge >= 0.3 is 0 Å². The smallest absolute Gasteiger partial charge is 0.254 e. The van der Waals surface area contributed by atoms with Gasteiger partial charge < -0.3 is 10.2 Å². The van der Waals surface area contributed by atoms with Crippen molar-refractivity contribution in [1.82, 2.24) is 29.8 Å². The summed E-state index contributed by atoms with van der Waals surface area (Å²) in [7, 11) is 0. The maximum absolute atomic E-state index is 12.4. The van der Waals surface area contributed by atoms with E-state index in [9.17, 15) is 9.59 Å². The number of nitrogens with one attached hydrogen (secondary N) is 1. The molecule has 138 valence electrons. The predicted molar refractivity (Wildman–Crippen MR) is 98.9 cm³/mol. The number of amides is 2. The molecular formula is C19H20N6O2. The Morgan fingerprint density at radius 2 is 2.07 bits per heavy atom. The number of nitrogens with zero attached hydrogens (tertiary/aromatic N) is 5. The highest BCUT2D eigenvalue weighted by atomic mass is 16.2. The van der Waals surface area contributed by atoms with Crippen LogP contribution >= 0.6 is 0 Å². The molecule has 2 amide bonds. The normalized spacial score (nSPS) is 16.9. The lowest BCUT2D eigenvalue weighted by molar-refractivity contribution is -0.127. The molecular weight excluding hydrogens is 344 g/mol. The first kappa shape index (κ1) is 17.1. The molecule has 1 atom stereocenters. The van der Waals surface area contributed by atoms with Crippen molar-refractivity contribution in [1.29, 1.82) is 0 Å². The number of aromatic nitrogens is 4. The van der Waals surface area contributed by atoms with E-state index in [0.717, 1.165) is 17.7 Å². The van der Waals surface area contributed by atoms with Crippen LogP contribution in [0, 0.1) is 5.92 Å². The van der Waals surface area contributed by atoms with E-state index in [-0.39, 0.29) is 17.7 Å². The predicted octanol–water partition coefficient (Wildman–Crippen LogP) is 1.39. The van der Waals surface area contributed by atoms with Crippen LogP contribution in [0.25, 0.3) is 16.9 Å². The lowest BCUT2D eigenvalue weighted by atomic mass is 10.1. The van der Waals surface area contributed by atoms with E-state index in [1.165, 1.54) is 0 Å². The van der Waals surface area contributed by atoms with E-state index in [0.29, 0.717) is 30.9 Å². The molecule has 1 saturated heterocycles. The average molecular weight is 364 g/mol. The van der Waals surface area contributed by atoms with Crippen LogP contribution in [0.3, 0.4) is 0 Å². The highest BCUT2D eigenvalue weighted by Crippen LogP contribution is 2.20. The standard InChI is InChI=1S/C19H20N6O2/c1-2-24-10-13(7-17(24)26)8-20-18(27)15-5-3-14(4-6-15)16-9-21-19-23-22-12-25(19)11-16/h3-6,9,11-13H,2,7-8,10H2,1H3,(H,20,27)/t13-/m1/s1. The number of fused-ring (bicyclic) bond motifs is 1. The second kappa shape index (κ2) is 7.14. The summed E-state index contributed by atoms with van der Waals surface area (Å²) < 4.78 is 1.75. The number of rotatable bonds is 5. The van der Waals surface area contributed by atoms with E-state index in [1.807, 2.05) is 30.2 Å². The first-order valence-electron chi connectivity index (χ1n) is 8.96. The number of likely N-dealkylation sites (tertiary alicyclic amines) is 1. The Morgan fingerprint density at radius 1 is 1.26 bits per heavy atom. The first-order valence-corrected chi connectivity index (χ1v) is 8.96. The van der Waals surface area contributed by atoms with Gasteiger partial charge in [0.05, 0.1) is 0 Å². The van der Waals surface area contributed by atoms with Gasteiger partial charge in [-0.3, -0.25) is 14.0 Å². The number of hydrogen-bond donors (Lipinski definition) is 1. The molecule has 27 heavy (non-hydrogen) atoms. The summed E-state index contributed by atoms with van der Waals surface area (Å²) in [5.41, 5.74) is 2.46. The van der Waals surface area contributed by atoms with Gasteiger partial charge in [0.15, 0.2) is 0 Å². The Morgan fingerprint density at radius 3 is 2.81 bits per heavy atom. The molecule has 8 heteroatoms. The van der Waals surface area contributed by atoms with Crippen molar-refractivity contribution in [2.24, 2.45) is 5.92 Å². The largest absolute Gasteiger partial charge is 0.352 e. The summed E-state index contributed by atoms with van der Waals surface area (Å²) in [5.74, 6) is 0.764. The van der Waals surface area contributed by atoms with Gasteiger partial charge in [0.1, 0.15) is 6.33 Å². The highest BCUT2D eigenvalue weighted by molar-refractivity contribution is 5.94. The van der Waals surface area contributed by atoms with E-state index >= 15 is 0 Å². The zero-order valence-corrected chi connectivity index (χ0v) is 15.0. The van der Waals surface area contributed by atoms with Crippen LogP contribution in [0.5, 0.6) is 0 Å². The van der Waals surface area contributed by atoms with Gasteiger partial charge in [-0.05, 0) is 24.6 Å². The van der Waals surface area contributed by atoms with Crippen LogP contribution in [0.4, 0.5) is 0 Å². The maximum atomic E-state index is 12.4. The molecule has 1 N–H and O–H groups in total. The minimum Gasteiger partial charge on any atom is -0.352 e. The Labute approximate surface area is 156 Å². The molecule has 0 spiro atoms. The van der Waals surface area contributed by atoms with Crippen molar-refractivity contribution in [2.75, 3.05) is 19.6 Å². The molecule has 1 aliphatic rings. The van der Waals surface area contributed by atoms with Crippen LogP contribution in [-0.4, -0.2) is 55.9 Å². The molecule has 2 aromatic heterocycles. The van der Waals surface area contributed by atoms with Gasteiger partial charge in [0, 0.05) is 55.5 Å². The number of benzene rings is 1. The summed E-state index contributed by atoms with van der Waals surface area (Å²) in [5, 5.41) is 10.6. The van der Waals surface area contributed by atoms with Crippen molar-refractivity contribution >= 4 is 17.6 Å². The fraction of sp³-hybridized carbons (Fsp3) is 0.316. The van der Waals surface area contributed by atoms with Gasteiger partial charge in [-0.2, -0.15) is 0 Å². The van der Waals surface area contributed by atoms with Crippen molar-refractivity contribution in [2.45, 2.75) is 13.3 Å². The zero-order valence-electron chi connectivity index (χ0n) is 15.0. The van der Waals surface area contributed by atoms with Crippen LogP contribution in [0.1, 0.15) is 23.7 Å². The van der Waals surface area contributed by atoms with Crippen molar-refractivity contribution in [3.8, 4) is 11.1 Å². The second-order valence-corrected chi connectivity index (χ2v) is 6.67. The van der Waals surface area contributed by atoms with Gasteiger partial charge in [-0.1, -0.05) is 12.1 Å². The highest BCUT2D eigenvalue weighted by Gasteiger charge is 2.28. The molecule has 3 aromatic rings. The van der Waals surface area contributed by atoms with Gasteiger partial charge in [-0.15, -0.1) is 10.2 Å². The lowest BCUT2D eigenvalue weighted by Crippen LogP contribution is -2.31. The molecule has 1 aromatic carbocycles. The Hall–Kier alpha value is -3.29. The molecule has 1 aliphatic heterocycles. The van der Waals surface area contributed by atoms with E-state index < -0.39 is 0 Å². The molecule has 4 rings (SSSR count). The van der Waals surface area contributed by atoms with Crippen LogP contribution in [0.2, 0.25) is 0 Å². The van der Waals surface area contributed by atoms with Gasteiger partial charge in [0.2, 0.25) is 5.91 Å². The first-order chi connectivity index (χ1) is 13.1. The topological polar surface area (TPSA) is 92.5 Å². The average Bonchev–Trinajstić information content (AvgIpc) is 3.31. The molecule has 0 radical (unpaired) electrons. The van der Waals surface area contributed by atoms with E-state index in [1.54, 1.807) is 29.1 Å². The van der Waals surface area contributed by atoms with Crippen molar-refractivity contribution in [3.63, 3.8) is 0 Å². The molecule has 8 nitrogen and oxygen atoms in total. The van der Waals surface area contributed by atoms with Crippen LogP contribution in [0.15, 0.2) is 43.0 Å². The minimum atomic E-state index is -0.128. The third-order valence-corrected chi connectivity index (χ3v) is 4.86. The van der Waals surface area contributed by atoms with Crippen molar-refractivity contribution < 1.29 is 9.59 Å². The zero-order chi connectivity index (χ0) is 18.8. The number of hydrogen-bond acceptors (Lipinski definition) is 5. The monoisotopic (exact) mass is 364 g/mol. The molecule has 0 aliphatic carbocycles. The number of carbonyl (C=O) groups excluding carboxylic acids is 2. The quantitative estimate of drug-likeness (QED) is 0.739. The van der Waals surface area contributed by atoms with Gasteiger partial charge in [-0.25, -0.2) is 4.98 Å². The third kappa shape index (κ3) is 3.51. The molecule has 3 heterocycles. The van der Waals surface area contributed by atoms with Crippen LogP contribution in [-0.2, 0) is 4.79 Å². The maximum Gasteiger partial charge on any atom is 0.254 e. The second-order valence-electron chi connectivity index (χ2n) is 6.67. The summed E-state index contributed by atoms with van der Waals surface area (Å²) in [6.45, 7) is 3.92. The van der Waals surface area contributed by atoms with E-state index in [4.69, 9.17) is 0 Å². The fourth-order valence-electron chi connectivity index (χ4n) is 3.33. The lowest BCUT2D eigenvalue weighted by Gasteiger charge is -2.14. The Balaban J connectivity index is 1.39. The van der Waals surface area contributed by atoms with Crippen molar-refractivity contribution in [3.05, 3.63) is 48.5 Å². The number of carbonyl (C=O) groups is 2.